The third-order valence-electron chi connectivity index (χ3n) is 25.3. The quantitative estimate of drug-likeness (QED) is 0.120. The molecule has 2 aliphatic carbocycles. The van der Waals surface area contributed by atoms with Gasteiger partial charge < -0.3 is 19.3 Å². The van der Waals surface area contributed by atoms with Crippen LogP contribution in [0.5, 0.6) is 0 Å². The lowest BCUT2D eigenvalue weighted by Crippen LogP contribution is -2.62. The van der Waals surface area contributed by atoms with Crippen LogP contribution in [0.1, 0.15) is 111 Å². The average molecular weight is 1420 g/mol. The Labute approximate surface area is 650 Å². The van der Waals surface area contributed by atoms with Gasteiger partial charge in [0.1, 0.15) is 0 Å². The Hall–Kier alpha value is -11.7. The lowest BCUT2D eigenvalue weighted by atomic mass is 9.33. The highest BCUT2D eigenvalue weighted by atomic mass is 15.2. The maximum absolute atomic E-state index is 2.93. The predicted octanol–water partition coefficient (Wildman–Crippen LogP) is 26.2. The highest BCUT2D eigenvalue weighted by molar-refractivity contribution is 7.00. The van der Waals surface area contributed by atoms with Gasteiger partial charge in [-0.2, -0.15) is 0 Å². The standard InChI is InChI=1S/C105H93BN4/c1-103(2,3)79-43-40-71(41-44-79)76-42-49-96-93(61-76)106-92-48-47-82(107-83-53-67-52-68(55-83)56-84(107)54-67)64-97(92)110(102-88(74-36-24-14-25-37-74)59-78(70-30-18-11-19-31-70)60-89(102)75-38-26-15-27-39-75)99-66-85(108-94-50-45-80(104(4,5)6)62-90(94)91-63-81(105(7,8)9)46-51-95(91)108)65-98(100(99)106)109(96)101-86(72-32-20-12-21-33-72)57-77(69-28-16-10-17-29-69)58-87(101)73-34-22-13-23-35-73/h10-51,57-68,83-84H,52-56H2,1-9H3. The summed E-state index contributed by atoms with van der Waals surface area (Å²) in [6.07, 6.45) is 6.45. The molecule has 4 aliphatic heterocycles. The normalized spacial score (nSPS) is 17.1. The molecule has 4 nitrogen and oxygen atoms in total. The number of hydrogen-bond donors (Lipinski definition) is 0. The lowest BCUT2D eigenvalue weighted by Gasteiger charge is -2.57. The summed E-state index contributed by atoms with van der Waals surface area (Å²) in [5.74, 6) is 1.61. The second-order valence-electron chi connectivity index (χ2n) is 35.3. The van der Waals surface area contributed by atoms with Gasteiger partial charge >= 0.3 is 0 Å². The first-order chi connectivity index (χ1) is 53.4. The second-order valence-corrected chi connectivity index (χ2v) is 35.3. The molecule has 536 valence electrons. The van der Waals surface area contributed by atoms with Gasteiger partial charge in [-0.3, -0.25) is 0 Å². The monoisotopic (exact) mass is 1420 g/mol. The SMILES string of the molecule is CC(C)(C)c1ccc(-c2ccc3c(c2)B2c4ccc(N5C6CC7CC(C6)CC5C7)cc4N(c4c(-c5ccccc5)cc(-c5ccccc5)cc4-c4ccccc4)c4cc(-n5c6ccc(C(C)(C)C)cc6c6cc(C(C)(C)C)ccc65)cc(c42)N3c2c(-c3ccccc3)cc(-c3ccccc3)cc2-c2ccccc2)cc1. The van der Waals surface area contributed by atoms with E-state index >= 15 is 0 Å². The third-order valence-corrected chi connectivity index (χ3v) is 25.3. The van der Waals surface area contributed by atoms with E-state index in [1.54, 1.807) is 0 Å². The molecule has 15 aromatic rings. The number of hydrogen-bond acceptors (Lipinski definition) is 3. The molecule has 5 heteroatoms. The zero-order valence-electron chi connectivity index (χ0n) is 64.7. The van der Waals surface area contributed by atoms with Crippen LogP contribution in [0.25, 0.3) is 105 Å². The largest absolute Gasteiger partial charge is 0.365 e. The molecule has 4 fully saturated rings. The molecule has 21 rings (SSSR count). The fraction of sp³-hybridized carbons (Fsp3) is 0.200. The van der Waals surface area contributed by atoms with Crippen LogP contribution in [0.3, 0.4) is 0 Å². The van der Waals surface area contributed by atoms with E-state index < -0.39 is 0 Å². The summed E-state index contributed by atoms with van der Waals surface area (Å²) in [6.45, 7) is 20.9. The van der Waals surface area contributed by atoms with E-state index in [4.69, 9.17) is 0 Å². The Kier molecular flexibility index (Phi) is 16.0. The number of benzene rings is 14. The first kappa shape index (κ1) is 67.7. The summed E-state index contributed by atoms with van der Waals surface area (Å²) in [7, 11) is 0. The Morgan fingerprint density at radius 1 is 0.273 bits per heavy atom. The van der Waals surface area contributed by atoms with Crippen molar-refractivity contribution in [1.82, 2.24) is 4.57 Å². The minimum absolute atomic E-state index is 0.00677. The van der Waals surface area contributed by atoms with Gasteiger partial charge in [-0.1, -0.05) is 299 Å². The van der Waals surface area contributed by atoms with Gasteiger partial charge in [0.25, 0.3) is 6.71 Å². The summed E-state index contributed by atoms with van der Waals surface area (Å²) in [4.78, 5) is 8.48. The fourth-order valence-corrected chi connectivity index (χ4v) is 20.0. The molecule has 14 aromatic carbocycles. The molecule has 2 saturated carbocycles. The molecule has 0 radical (unpaired) electrons. The maximum atomic E-state index is 2.93. The Bertz CT molecular complexity index is 5860. The topological polar surface area (TPSA) is 14.7 Å². The van der Waals surface area contributed by atoms with Crippen LogP contribution in [-0.4, -0.2) is 23.4 Å². The van der Waals surface area contributed by atoms with Gasteiger partial charge in [0.05, 0.1) is 28.1 Å². The maximum Gasteiger partial charge on any atom is 0.252 e. The van der Waals surface area contributed by atoms with E-state index in [-0.39, 0.29) is 23.0 Å². The average Bonchev–Trinajstić information content (AvgIpc) is 0.882. The molecule has 0 N–H and O–H groups in total. The van der Waals surface area contributed by atoms with Crippen LogP contribution in [0, 0.1) is 11.8 Å². The minimum Gasteiger partial charge on any atom is -0.365 e. The van der Waals surface area contributed by atoms with Crippen molar-refractivity contribution in [2.45, 2.75) is 123 Å². The van der Waals surface area contributed by atoms with E-state index in [2.05, 4.69) is 397 Å². The number of anilines is 7. The Morgan fingerprint density at radius 2 is 0.636 bits per heavy atom. The fourth-order valence-electron chi connectivity index (χ4n) is 20.0. The van der Waals surface area contributed by atoms with Gasteiger partial charge in [-0.05, 0) is 228 Å². The molecule has 1 aromatic heterocycles. The highest BCUT2D eigenvalue weighted by Crippen LogP contribution is 2.57. The highest BCUT2D eigenvalue weighted by Gasteiger charge is 2.50. The molecule has 0 amide bonds. The van der Waals surface area contributed by atoms with Crippen LogP contribution in [0.4, 0.5) is 39.8 Å². The van der Waals surface area contributed by atoms with Crippen molar-refractivity contribution in [3.05, 3.63) is 332 Å². The Balaban J connectivity index is 0.985. The molecular weight excluding hydrogens is 1330 g/mol. The van der Waals surface area contributed by atoms with Crippen LogP contribution < -0.4 is 31.1 Å². The molecule has 5 heterocycles. The summed E-state index contributed by atoms with van der Waals surface area (Å²) < 4.78 is 2.64. The molecule has 0 atom stereocenters. The van der Waals surface area contributed by atoms with E-state index in [0.29, 0.717) is 12.1 Å². The van der Waals surface area contributed by atoms with Gasteiger partial charge in [0.2, 0.25) is 0 Å². The molecular formula is C105H93BN4. The van der Waals surface area contributed by atoms with Gasteiger partial charge in [0, 0.05) is 73.5 Å². The van der Waals surface area contributed by atoms with Crippen molar-refractivity contribution in [1.29, 1.82) is 0 Å². The zero-order valence-corrected chi connectivity index (χ0v) is 64.7. The predicted molar refractivity (Wildman–Crippen MR) is 469 cm³/mol. The van der Waals surface area contributed by atoms with Gasteiger partial charge in [-0.15, -0.1) is 0 Å². The van der Waals surface area contributed by atoms with Crippen LogP contribution >= 0.6 is 0 Å². The molecule has 0 unspecified atom stereocenters. The smallest absolute Gasteiger partial charge is 0.252 e. The van der Waals surface area contributed by atoms with E-state index in [0.717, 1.165) is 84.9 Å². The van der Waals surface area contributed by atoms with E-state index in [1.807, 2.05) is 0 Å². The van der Waals surface area contributed by atoms with Gasteiger partial charge in [0.15, 0.2) is 0 Å². The zero-order chi connectivity index (χ0) is 74.5. The molecule has 6 aliphatic rings. The van der Waals surface area contributed by atoms with Crippen molar-refractivity contribution < 1.29 is 0 Å². The Morgan fingerprint density at radius 3 is 1.05 bits per heavy atom. The lowest BCUT2D eigenvalue weighted by molar-refractivity contribution is 0.0900. The van der Waals surface area contributed by atoms with Gasteiger partial charge in [-0.25, -0.2) is 0 Å². The molecule has 4 bridgehead atoms. The van der Waals surface area contributed by atoms with E-state index in [1.165, 1.54) is 137 Å². The van der Waals surface area contributed by atoms with Crippen LogP contribution in [0.15, 0.2) is 315 Å². The summed E-state index contributed by atoms with van der Waals surface area (Å²) in [5.41, 5.74) is 35.6. The molecule has 0 spiro atoms. The van der Waals surface area contributed by atoms with Crippen molar-refractivity contribution in [3.63, 3.8) is 0 Å². The number of rotatable bonds is 11. The number of fused-ring (bicyclic) bond motifs is 7. The second kappa shape index (κ2) is 26.0. The first-order valence-corrected chi connectivity index (χ1v) is 40.2. The van der Waals surface area contributed by atoms with Crippen molar-refractivity contribution >= 4 is 84.7 Å². The minimum atomic E-state index is -0.238. The molecule has 110 heavy (non-hydrogen) atoms. The van der Waals surface area contributed by atoms with Crippen molar-refractivity contribution in [2.75, 3.05) is 14.7 Å². The number of nitrogens with zero attached hydrogens (tertiary/aromatic N) is 4. The molecule has 2 saturated heterocycles. The van der Waals surface area contributed by atoms with Crippen LogP contribution in [0.2, 0.25) is 0 Å². The van der Waals surface area contributed by atoms with Crippen LogP contribution in [-0.2, 0) is 16.2 Å². The number of aromatic nitrogens is 1. The summed E-state index contributed by atoms with van der Waals surface area (Å²) in [6, 6.07) is 123. The third kappa shape index (κ3) is 11.5. The first-order valence-electron chi connectivity index (χ1n) is 40.2. The van der Waals surface area contributed by atoms with Crippen molar-refractivity contribution in [3.8, 4) is 83.6 Å². The summed E-state index contributed by atoms with van der Waals surface area (Å²) in [5, 5.41) is 2.51. The number of piperidine rings is 2. The van der Waals surface area contributed by atoms with E-state index in [9.17, 15) is 0 Å². The van der Waals surface area contributed by atoms with Crippen molar-refractivity contribution in [2.24, 2.45) is 11.8 Å². The summed E-state index contributed by atoms with van der Waals surface area (Å²) >= 11 is 0.